The van der Waals surface area contributed by atoms with Crippen LogP contribution in [-0.2, 0) is 4.79 Å². The van der Waals surface area contributed by atoms with Gasteiger partial charge in [-0.1, -0.05) is 0 Å². The minimum Gasteiger partial charge on any atom is -0.619 e. The maximum absolute atomic E-state index is 14.6. The van der Waals surface area contributed by atoms with Gasteiger partial charge in [-0.2, -0.15) is 4.73 Å². The molecule has 3 aromatic heterocycles. The minimum absolute atomic E-state index is 0.0324. The monoisotopic (exact) mass is 473 g/mol. The zero-order valence-electron chi connectivity index (χ0n) is 18.2. The summed E-state index contributed by atoms with van der Waals surface area (Å²) >= 11 is 0. The zero-order valence-corrected chi connectivity index (χ0v) is 18.2. The number of pyridine rings is 3. The first-order chi connectivity index (χ1) is 16.2. The van der Waals surface area contributed by atoms with Gasteiger partial charge >= 0.3 is 0 Å². The Labute approximate surface area is 193 Å². The lowest BCUT2D eigenvalue weighted by Gasteiger charge is -2.40. The number of alkyl halides is 2. The van der Waals surface area contributed by atoms with Crippen LogP contribution in [0.4, 0.5) is 19.0 Å². The third kappa shape index (κ3) is 5.42. The fourth-order valence-corrected chi connectivity index (χ4v) is 3.74. The normalized spacial score (nSPS) is 18.8. The summed E-state index contributed by atoms with van der Waals surface area (Å²) in [5.41, 5.74) is 0.349. The molecule has 2 atom stereocenters. The van der Waals surface area contributed by atoms with Gasteiger partial charge in [0, 0.05) is 37.7 Å². The second-order valence-corrected chi connectivity index (χ2v) is 8.01. The highest BCUT2D eigenvalue weighted by atomic mass is 19.3. The average Bonchev–Trinajstić information content (AvgIpc) is 2.82. The molecule has 1 aliphatic rings. The number of likely N-dealkylation sites (tertiary alicyclic amines) is 1. The van der Waals surface area contributed by atoms with E-state index < -0.39 is 36.0 Å². The molecule has 0 saturated carbocycles. The Bertz CT molecular complexity index is 1130. The van der Waals surface area contributed by atoms with Crippen molar-refractivity contribution in [1.82, 2.24) is 14.9 Å². The number of hydrogen-bond acceptors (Lipinski definition) is 6. The summed E-state index contributed by atoms with van der Waals surface area (Å²) in [5, 5.41) is 13.9. The molecule has 3 aromatic rings. The summed E-state index contributed by atoms with van der Waals surface area (Å²) in [6.45, 7) is 1.66. The number of nitrogens with one attached hydrogen (secondary N) is 1. The first-order valence-corrected chi connectivity index (χ1v) is 10.6. The van der Waals surface area contributed by atoms with Crippen LogP contribution in [0, 0.1) is 11.0 Å². The first kappa shape index (κ1) is 23.4. The van der Waals surface area contributed by atoms with Gasteiger partial charge in [0.05, 0.1) is 24.4 Å². The highest BCUT2D eigenvalue weighted by Crippen LogP contribution is 2.40. The van der Waals surface area contributed by atoms with Crippen LogP contribution in [0.1, 0.15) is 24.8 Å². The molecule has 0 aliphatic carbocycles. The Morgan fingerprint density at radius 3 is 2.62 bits per heavy atom. The van der Waals surface area contributed by atoms with Crippen LogP contribution in [0.2, 0.25) is 0 Å². The van der Waals surface area contributed by atoms with Crippen molar-refractivity contribution in [1.29, 1.82) is 0 Å². The summed E-state index contributed by atoms with van der Waals surface area (Å²) in [6, 6.07) is 7.75. The van der Waals surface area contributed by atoms with Crippen molar-refractivity contribution in [2.45, 2.75) is 31.2 Å². The summed E-state index contributed by atoms with van der Waals surface area (Å²) in [7, 11) is 0. The molecule has 1 N–H and O–H groups in total. The number of ether oxygens (including phenoxy) is 1. The van der Waals surface area contributed by atoms with E-state index in [0.29, 0.717) is 16.0 Å². The van der Waals surface area contributed by atoms with E-state index >= 15 is 0 Å². The predicted molar refractivity (Wildman–Crippen MR) is 116 cm³/mol. The molecule has 0 aromatic carbocycles. The molecule has 4 rings (SSSR count). The number of nitrogens with zero attached hydrogens (tertiary/aromatic N) is 4. The standard InChI is InChI=1S/C23H22F3N5O3/c1-15(30-11-8-23(25,26)19(14-30)16-6-9-31(33)10-7-16)22(32)29-20-4-3-18(13-27-20)34-21-5-2-17(24)12-28-21/h2-7,9-10,12-13,15,19H,8,11,14H2,1H3,(H,27,29,32)/t15-,19+/m0/s1. The maximum atomic E-state index is 14.6. The van der Waals surface area contributed by atoms with Crippen molar-refractivity contribution in [3.8, 4) is 11.6 Å². The van der Waals surface area contributed by atoms with Gasteiger partial charge in [0.2, 0.25) is 11.8 Å². The SMILES string of the molecule is C[C@@H](C(=O)Nc1ccc(Oc2ccc(F)cn2)cn1)N1CCC(F)(F)[C@@H](c2cc[n+]([O-])cc2)C1. The predicted octanol–water partition coefficient (Wildman–Crippen LogP) is 3.49. The molecule has 8 nitrogen and oxygen atoms in total. The molecule has 1 aliphatic heterocycles. The fourth-order valence-electron chi connectivity index (χ4n) is 3.74. The molecular weight excluding hydrogens is 451 g/mol. The number of aromatic nitrogens is 3. The summed E-state index contributed by atoms with van der Waals surface area (Å²) < 4.78 is 48.1. The van der Waals surface area contributed by atoms with E-state index in [1.165, 1.54) is 48.9 Å². The highest BCUT2D eigenvalue weighted by Gasteiger charge is 2.46. The smallest absolute Gasteiger partial charge is 0.257 e. The molecular formula is C23H22F3N5O3. The van der Waals surface area contributed by atoms with Crippen LogP contribution in [-0.4, -0.2) is 45.8 Å². The molecule has 0 spiro atoms. The van der Waals surface area contributed by atoms with E-state index in [0.717, 1.165) is 6.20 Å². The Kier molecular flexibility index (Phi) is 6.64. The van der Waals surface area contributed by atoms with Crippen molar-refractivity contribution in [3.63, 3.8) is 0 Å². The van der Waals surface area contributed by atoms with Crippen LogP contribution < -0.4 is 14.8 Å². The van der Waals surface area contributed by atoms with Gasteiger partial charge in [-0.3, -0.25) is 9.69 Å². The van der Waals surface area contributed by atoms with E-state index in [-0.39, 0.29) is 24.8 Å². The van der Waals surface area contributed by atoms with Crippen LogP contribution in [0.3, 0.4) is 0 Å². The van der Waals surface area contributed by atoms with E-state index in [4.69, 9.17) is 4.74 Å². The molecule has 1 amide bonds. The minimum atomic E-state index is -2.95. The van der Waals surface area contributed by atoms with Gasteiger partial charge in [-0.05, 0) is 30.7 Å². The first-order valence-electron chi connectivity index (χ1n) is 10.6. The largest absolute Gasteiger partial charge is 0.619 e. The molecule has 1 saturated heterocycles. The number of hydrogen-bond donors (Lipinski definition) is 1. The van der Waals surface area contributed by atoms with E-state index in [1.807, 2.05) is 0 Å². The average molecular weight is 473 g/mol. The lowest BCUT2D eigenvalue weighted by molar-refractivity contribution is -0.605. The lowest BCUT2D eigenvalue weighted by Crippen LogP contribution is -2.52. The van der Waals surface area contributed by atoms with Crippen LogP contribution in [0.25, 0.3) is 0 Å². The van der Waals surface area contributed by atoms with Crippen molar-refractivity contribution < 1.29 is 27.4 Å². The Hall–Kier alpha value is -3.73. The second kappa shape index (κ2) is 9.64. The molecule has 0 unspecified atom stereocenters. The number of amides is 1. The molecule has 0 bridgehead atoms. The Balaban J connectivity index is 1.38. The molecule has 11 heteroatoms. The second-order valence-electron chi connectivity index (χ2n) is 8.01. The number of anilines is 1. The Morgan fingerprint density at radius 1 is 1.21 bits per heavy atom. The van der Waals surface area contributed by atoms with Gasteiger partial charge in [0.25, 0.3) is 5.92 Å². The molecule has 0 radical (unpaired) electrons. The van der Waals surface area contributed by atoms with E-state index in [2.05, 4.69) is 15.3 Å². The van der Waals surface area contributed by atoms with Gasteiger partial charge in [0.1, 0.15) is 17.4 Å². The lowest BCUT2D eigenvalue weighted by atomic mass is 9.87. The van der Waals surface area contributed by atoms with E-state index in [1.54, 1.807) is 17.9 Å². The van der Waals surface area contributed by atoms with Crippen molar-refractivity contribution in [2.75, 3.05) is 18.4 Å². The summed E-state index contributed by atoms with van der Waals surface area (Å²) in [6.07, 6.45) is 4.37. The van der Waals surface area contributed by atoms with Crippen LogP contribution >= 0.6 is 0 Å². The van der Waals surface area contributed by atoms with Crippen molar-refractivity contribution in [2.24, 2.45) is 0 Å². The summed E-state index contributed by atoms with van der Waals surface area (Å²) in [4.78, 5) is 22.4. The molecule has 1 fully saturated rings. The number of rotatable bonds is 6. The number of piperidine rings is 1. The van der Waals surface area contributed by atoms with Gasteiger partial charge in [0.15, 0.2) is 12.4 Å². The Morgan fingerprint density at radius 2 is 1.97 bits per heavy atom. The molecule has 178 valence electrons. The number of carbonyl (C=O) groups excluding carboxylic acids is 1. The highest BCUT2D eigenvalue weighted by molar-refractivity contribution is 5.93. The third-order valence-corrected chi connectivity index (χ3v) is 5.73. The zero-order chi connectivity index (χ0) is 24.3. The fraction of sp³-hybridized carbons (Fsp3) is 0.304. The third-order valence-electron chi connectivity index (χ3n) is 5.73. The van der Waals surface area contributed by atoms with Crippen LogP contribution in [0.5, 0.6) is 11.6 Å². The van der Waals surface area contributed by atoms with Gasteiger partial charge in [-0.25, -0.2) is 23.1 Å². The molecule has 34 heavy (non-hydrogen) atoms. The number of halogens is 3. The quantitative estimate of drug-likeness (QED) is 0.435. The van der Waals surface area contributed by atoms with Crippen LogP contribution in [0.15, 0.2) is 61.2 Å². The maximum Gasteiger partial charge on any atom is 0.257 e. The van der Waals surface area contributed by atoms with Crippen molar-refractivity contribution in [3.05, 3.63) is 77.8 Å². The van der Waals surface area contributed by atoms with Crippen molar-refractivity contribution >= 4 is 11.7 Å². The van der Waals surface area contributed by atoms with E-state index in [9.17, 15) is 23.2 Å². The van der Waals surface area contributed by atoms with Gasteiger partial charge in [-0.15, -0.1) is 0 Å². The summed E-state index contributed by atoms with van der Waals surface area (Å²) in [5.74, 6) is -4.16. The number of carbonyl (C=O) groups is 1. The topological polar surface area (TPSA) is 94.3 Å². The molecule has 4 heterocycles. The van der Waals surface area contributed by atoms with Gasteiger partial charge < -0.3 is 15.3 Å².